The van der Waals surface area contributed by atoms with Crippen LogP contribution in [0.3, 0.4) is 0 Å². The Bertz CT molecular complexity index is 1020. The smallest absolute Gasteiger partial charge is 0.326 e. The molecule has 1 aromatic heterocycles. The van der Waals surface area contributed by atoms with Crippen molar-refractivity contribution in [1.29, 1.82) is 0 Å². The van der Waals surface area contributed by atoms with Crippen LogP contribution in [0.25, 0.3) is 10.9 Å². The number of H-pyrrole nitrogens is 1. The molecule has 0 bridgehead atoms. The van der Waals surface area contributed by atoms with Crippen LogP contribution < -0.4 is 27.4 Å². The van der Waals surface area contributed by atoms with Crippen molar-refractivity contribution in [2.24, 2.45) is 17.4 Å². The number of hydrogen-bond donors (Lipinski definition) is 7. The van der Waals surface area contributed by atoms with Gasteiger partial charge < -0.3 is 37.5 Å². The molecular formula is C24H36N6O5. The molecule has 192 valence electrons. The van der Waals surface area contributed by atoms with Crippen molar-refractivity contribution in [3.8, 4) is 0 Å². The summed E-state index contributed by atoms with van der Waals surface area (Å²) in [5.41, 5.74) is 13.1. The Labute approximate surface area is 204 Å². The van der Waals surface area contributed by atoms with Gasteiger partial charge in [0.15, 0.2) is 0 Å². The van der Waals surface area contributed by atoms with Gasteiger partial charge in [-0.2, -0.15) is 0 Å². The van der Waals surface area contributed by atoms with Gasteiger partial charge in [-0.15, -0.1) is 0 Å². The first-order valence-corrected chi connectivity index (χ1v) is 11.7. The normalized spacial score (nSPS) is 13.7. The summed E-state index contributed by atoms with van der Waals surface area (Å²) in [7, 11) is 0. The van der Waals surface area contributed by atoms with Gasteiger partial charge in [0.1, 0.15) is 12.1 Å². The lowest BCUT2D eigenvalue weighted by Crippen LogP contribution is -2.55. The molecule has 35 heavy (non-hydrogen) atoms. The number of aromatic nitrogens is 1. The highest BCUT2D eigenvalue weighted by Gasteiger charge is 2.27. The SMILES string of the molecule is CC(C)C(N)C(=O)NC(Cc1c[nH]c2ccccc12)C(=O)NCC(=O)NC(CCCCN)C(=O)O. The van der Waals surface area contributed by atoms with Gasteiger partial charge in [0, 0.05) is 23.5 Å². The zero-order valence-corrected chi connectivity index (χ0v) is 20.2. The fourth-order valence-electron chi connectivity index (χ4n) is 3.59. The van der Waals surface area contributed by atoms with Crippen molar-refractivity contribution >= 4 is 34.6 Å². The molecular weight excluding hydrogens is 452 g/mol. The van der Waals surface area contributed by atoms with Crippen LogP contribution in [0.1, 0.15) is 38.7 Å². The topological polar surface area (TPSA) is 192 Å². The van der Waals surface area contributed by atoms with Crippen molar-refractivity contribution < 1.29 is 24.3 Å². The second-order valence-electron chi connectivity index (χ2n) is 8.86. The number of carboxylic acid groups (broad SMARTS) is 1. The van der Waals surface area contributed by atoms with Crippen LogP contribution in [0.5, 0.6) is 0 Å². The number of benzene rings is 1. The number of carbonyl (C=O) groups is 4. The fraction of sp³-hybridized carbons (Fsp3) is 0.500. The van der Waals surface area contributed by atoms with Crippen LogP contribution in [0.2, 0.25) is 0 Å². The molecule has 2 aromatic rings. The quantitative estimate of drug-likeness (QED) is 0.182. The Morgan fingerprint density at radius 3 is 2.40 bits per heavy atom. The summed E-state index contributed by atoms with van der Waals surface area (Å²) < 4.78 is 0. The number of nitrogens with one attached hydrogen (secondary N) is 4. The summed E-state index contributed by atoms with van der Waals surface area (Å²) in [6.45, 7) is 3.60. The Balaban J connectivity index is 2.07. The number of unbranched alkanes of at least 4 members (excludes halogenated alkanes) is 1. The van der Waals surface area contributed by atoms with Crippen molar-refractivity contribution in [3.05, 3.63) is 36.0 Å². The summed E-state index contributed by atoms with van der Waals surface area (Å²) in [6, 6.07) is 4.70. The van der Waals surface area contributed by atoms with E-state index in [-0.39, 0.29) is 18.8 Å². The number of amides is 3. The van der Waals surface area contributed by atoms with E-state index in [0.717, 1.165) is 16.5 Å². The van der Waals surface area contributed by atoms with Crippen molar-refractivity contribution in [2.45, 2.75) is 57.7 Å². The molecule has 0 radical (unpaired) electrons. The number of fused-ring (bicyclic) bond motifs is 1. The van der Waals surface area contributed by atoms with E-state index in [1.54, 1.807) is 20.0 Å². The van der Waals surface area contributed by atoms with E-state index in [2.05, 4.69) is 20.9 Å². The molecule has 0 fully saturated rings. The zero-order valence-electron chi connectivity index (χ0n) is 20.2. The number of carbonyl (C=O) groups excluding carboxylic acids is 3. The first kappa shape index (κ1) is 27.8. The Hall–Kier alpha value is -3.44. The summed E-state index contributed by atoms with van der Waals surface area (Å²) in [6.07, 6.45) is 3.37. The molecule has 0 aliphatic rings. The zero-order chi connectivity index (χ0) is 26.0. The van der Waals surface area contributed by atoms with Gasteiger partial charge in [0.05, 0.1) is 12.6 Å². The van der Waals surface area contributed by atoms with E-state index in [1.807, 2.05) is 24.3 Å². The maximum Gasteiger partial charge on any atom is 0.326 e. The molecule has 0 aliphatic heterocycles. The van der Waals surface area contributed by atoms with Crippen LogP contribution in [0.15, 0.2) is 30.5 Å². The molecule has 1 aromatic carbocycles. The van der Waals surface area contributed by atoms with E-state index in [9.17, 15) is 24.3 Å². The molecule has 11 heteroatoms. The van der Waals surface area contributed by atoms with Gasteiger partial charge in [0.2, 0.25) is 17.7 Å². The molecule has 3 unspecified atom stereocenters. The monoisotopic (exact) mass is 488 g/mol. The first-order chi connectivity index (χ1) is 16.6. The van der Waals surface area contributed by atoms with Crippen LogP contribution in [-0.4, -0.2) is 65.0 Å². The number of rotatable bonds is 14. The summed E-state index contributed by atoms with van der Waals surface area (Å²) >= 11 is 0. The highest BCUT2D eigenvalue weighted by molar-refractivity contribution is 5.93. The lowest BCUT2D eigenvalue weighted by molar-refractivity contribution is -0.142. The number of nitrogens with two attached hydrogens (primary N) is 2. The molecule has 3 amide bonds. The summed E-state index contributed by atoms with van der Waals surface area (Å²) in [5, 5.41) is 17.8. The van der Waals surface area contributed by atoms with Gasteiger partial charge >= 0.3 is 5.97 Å². The number of hydrogen-bond acceptors (Lipinski definition) is 6. The molecule has 1 heterocycles. The van der Waals surface area contributed by atoms with Crippen molar-refractivity contribution in [3.63, 3.8) is 0 Å². The number of carboxylic acids is 1. The second-order valence-corrected chi connectivity index (χ2v) is 8.86. The average Bonchev–Trinajstić information content (AvgIpc) is 3.23. The van der Waals surface area contributed by atoms with Crippen LogP contribution in [0, 0.1) is 5.92 Å². The van der Waals surface area contributed by atoms with E-state index >= 15 is 0 Å². The van der Waals surface area contributed by atoms with E-state index in [0.29, 0.717) is 19.4 Å². The Morgan fingerprint density at radius 1 is 1.03 bits per heavy atom. The van der Waals surface area contributed by atoms with Crippen LogP contribution >= 0.6 is 0 Å². The van der Waals surface area contributed by atoms with Gasteiger partial charge in [-0.1, -0.05) is 32.0 Å². The third kappa shape index (κ3) is 8.37. The molecule has 0 spiro atoms. The van der Waals surface area contributed by atoms with Crippen LogP contribution in [-0.2, 0) is 25.6 Å². The Kier molecular flexibility index (Phi) is 10.7. The number of para-hydroxylation sites is 1. The third-order valence-corrected chi connectivity index (χ3v) is 5.76. The minimum atomic E-state index is -1.16. The first-order valence-electron chi connectivity index (χ1n) is 11.7. The van der Waals surface area contributed by atoms with E-state index in [4.69, 9.17) is 11.5 Å². The largest absolute Gasteiger partial charge is 0.480 e. The van der Waals surface area contributed by atoms with Gasteiger partial charge in [-0.3, -0.25) is 14.4 Å². The number of aromatic amines is 1. The predicted molar refractivity (Wildman–Crippen MR) is 132 cm³/mol. The summed E-state index contributed by atoms with van der Waals surface area (Å²) in [5.74, 6) is -2.99. The van der Waals surface area contributed by atoms with Gasteiger partial charge in [-0.05, 0) is 43.4 Å². The third-order valence-electron chi connectivity index (χ3n) is 5.76. The highest BCUT2D eigenvalue weighted by atomic mass is 16.4. The maximum absolute atomic E-state index is 13.0. The molecule has 9 N–H and O–H groups in total. The Morgan fingerprint density at radius 2 is 1.74 bits per heavy atom. The molecule has 0 saturated carbocycles. The highest BCUT2D eigenvalue weighted by Crippen LogP contribution is 2.19. The van der Waals surface area contributed by atoms with E-state index in [1.165, 1.54) is 0 Å². The van der Waals surface area contributed by atoms with Crippen LogP contribution in [0.4, 0.5) is 0 Å². The minimum Gasteiger partial charge on any atom is -0.480 e. The molecule has 11 nitrogen and oxygen atoms in total. The lowest BCUT2D eigenvalue weighted by atomic mass is 10.0. The van der Waals surface area contributed by atoms with Crippen molar-refractivity contribution in [2.75, 3.05) is 13.1 Å². The maximum atomic E-state index is 13.0. The average molecular weight is 489 g/mol. The molecule has 2 rings (SSSR count). The fourth-order valence-corrected chi connectivity index (χ4v) is 3.59. The van der Waals surface area contributed by atoms with Gasteiger partial charge in [-0.25, -0.2) is 4.79 Å². The van der Waals surface area contributed by atoms with Gasteiger partial charge in [0.25, 0.3) is 0 Å². The van der Waals surface area contributed by atoms with Crippen molar-refractivity contribution in [1.82, 2.24) is 20.9 Å². The molecule has 0 saturated heterocycles. The molecule has 0 aliphatic carbocycles. The minimum absolute atomic E-state index is 0.134. The predicted octanol–water partition coefficient (Wildman–Crippen LogP) is -0.00690. The standard InChI is InChI=1S/C24H36N6O5/c1-14(2)21(26)23(33)30-19(11-15-12-27-17-8-4-3-7-16(15)17)22(32)28-13-20(31)29-18(24(34)35)9-5-6-10-25/h3-4,7-8,12,14,18-19,21,27H,5-6,9-11,13,25-26H2,1-2H3,(H,28,32)(H,29,31)(H,30,33)(H,34,35). The lowest BCUT2D eigenvalue weighted by Gasteiger charge is -2.22. The van der Waals surface area contributed by atoms with E-state index < -0.39 is 48.4 Å². The molecule has 3 atom stereocenters. The summed E-state index contributed by atoms with van der Waals surface area (Å²) in [4.78, 5) is 52.4. The second kappa shape index (κ2) is 13.4. The number of aliphatic carboxylic acids is 1.